The fraction of sp³-hybridized carbons (Fsp3) is 0.417. The molecule has 0 saturated heterocycles. The Balaban J connectivity index is 3.26. The van der Waals surface area contributed by atoms with Gasteiger partial charge in [-0.25, -0.2) is 0 Å². The van der Waals surface area contributed by atoms with Crippen molar-refractivity contribution in [3.8, 4) is 0 Å². The fourth-order valence-electron chi connectivity index (χ4n) is 1.65. The summed E-state index contributed by atoms with van der Waals surface area (Å²) in [5.41, 5.74) is 10.2. The summed E-state index contributed by atoms with van der Waals surface area (Å²) < 4.78 is 0. The zero-order valence-electron chi connectivity index (χ0n) is 10.1. The zero-order valence-corrected chi connectivity index (χ0v) is 11.6. The highest BCUT2D eigenvalue weighted by atomic mass is 35.5. The second-order valence-electron chi connectivity index (χ2n) is 4.91. The van der Waals surface area contributed by atoms with E-state index in [0.29, 0.717) is 15.6 Å². The van der Waals surface area contributed by atoms with E-state index < -0.39 is 11.1 Å². The van der Waals surface area contributed by atoms with Crippen molar-refractivity contribution in [1.82, 2.24) is 0 Å². The summed E-state index contributed by atoms with van der Waals surface area (Å²) in [6.45, 7) is 4.84. The van der Waals surface area contributed by atoms with Crippen LogP contribution in [0.5, 0.6) is 0 Å². The molecule has 0 aromatic heterocycles. The molecular formula is C12H16Cl2N2O. The second kappa shape index (κ2) is 4.58. The van der Waals surface area contributed by atoms with Gasteiger partial charge in [-0.3, -0.25) is 4.79 Å². The van der Waals surface area contributed by atoms with Crippen molar-refractivity contribution in [3.63, 3.8) is 0 Å². The van der Waals surface area contributed by atoms with Crippen LogP contribution in [0.3, 0.4) is 0 Å². The van der Waals surface area contributed by atoms with Crippen molar-refractivity contribution >= 4 is 29.0 Å². The Bertz CT molecular complexity index is 430. The highest BCUT2D eigenvalue weighted by Gasteiger charge is 2.38. The van der Waals surface area contributed by atoms with E-state index >= 15 is 0 Å². The molecule has 0 aliphatic carbocycles. The van der Waals surface area contributed by atoms with Crippen molar-refractivity contribution in [3.05, 3.63) is 33.8 Å². The van der Waals surface area contributed by atoms with Crippen LogP contribution in [-0.2, 0) is 10.3 Å². The lowest BCUT2D eigenvalue weighted by molar-refractivity contribution is -0.128. The molecule has 94 valence electrons. The zero-order chi connectivity index (χ0) is 13.4. The van der Waals surface area contributed by atoms with Crippen LogP contribution in [0.2, 0.25) is 10.0 Å². The number of Topliss-reactive ketones (excluding diaryl/α,β-unsaturated/α-hetero) is 1. The van der Waals surface area contributed by atoms with Gasteiger partial charge in [-0.15, -0.1) is 0 Å². The molecule has 0 aliphatic rings. The molecule has 0 bridgehead atoms. The molecule has 5 heteroatoms. The highest BCUT2D eigenvalue weighted by Crippen LogP contribution is 2.28. The molecule has 0 heterocycles. The molecule has 3 nitrogen and oxygen atoms in total. The first-order valence-corrected chi connectivity index (χ1v) is 5.90. The summed E-state index contributed by atoms with van der Waals surface area (Å²) in [4.78, 5) is 12.2. The predicted molar refractivity (Wildman–Crippen MR) is 71.3 cm³/mol. The summed E-state index contributed by atoms with van der Waals surface area (Å²) in [5, 5.41) is 0.874. The number of carbonyl (C=O) groups excluding carboxylic acids is 1. The van der Waals surface area contributed by atoms with Crippen molar-refractivity contribution < 1.29 is 4.79 Å². The van der Waals surface area contributed by atoms with Crippen molar-refractivity contribution in [1.29, 1.82) is 0 Å². The van der Waals surface area contributed by atoms with Crippen LogP contribution in [0.4, 0.5) is 0 Å². The molecule has 1 aromatic rings. The van der Waals surface area contributed by atoms with Gasteiger partial charge in [-0.05, 0) is 44.5 Å². The molecule has 17 heavy (non-hydrogen) atoms. The molecule has 0 saturated carbocycles. The Morgan fingerprint density at radius 1 is 1.06 bits per heavy atom. The summed E-state index contributed by atoms with van der Waals surface area (Å²) >= 11 is 11.8. The van der Waals surface area contributed by atoms with Crippen LogP contribution in [0, 0.1) is 0 Å². The minimum absolute atomic E-state index is 0.275. The van der Waals surface area contributed by atoms with Gasteiger partial charge in [0.2, 0.25) is 0 Å². The van der Waals surface area contributed by atoms with Crippen LogP contribution in [-0.4, -0.2) is 11.3 Å². The largest absolute Gasteiger partial charge is 0.319 e. The quantitative estimate of drug-likeness (QED) is 0.890. The van der Waals surface area contributed by atoms with Gasteiger partial charge in [0.1, 0.15) is 0 Å². The van der Waals surface area contributed by atoms with Gasteiger partial charge in [0.25, 0.3) is 0 Å². The minimum Gasteiger partial charge on any atom is -0.319 e. The molecule has 1 aromatic carbocycles. The summed E-state index contributed by atoms with van der Waals surface area (Å²) in [5.74, 6) is -0.275. The summed E-state index contributed by atoms with van der Waals surface area (Å²) in [6.07, 6.45) is 0. The maximum absolute atomic E-state index is 12.2. The van der Waals surface area contributed by atoms with Gasteiger partial charge >= 0.3 is 0 Å². The second-order valence-corrected chi connectivity index (χ2v) is 5.78. The maximum Gasteiger partial charge on any atom is 0.176 e. The molecule has 0 aliphatic heterocycles. The first-order valence-electron chi connectivity index (χ1n) is 5.14. The van der Waals surface area contributed by atoms with Crippen LogP contribution in [0.15, 0.2) is 18.2 Å². The number of hydrogen-bond donors (Lipinski definition) is 2. The Hall–Kier alpha value is -0.610. The normalized spacial score (nSPS) is 15.5. The third kappa shape index (κ3) is 3.19. The number of hydrogen-bond acceptors (Lipinski definition) is 3. The molecule has 0 fully saturated rings. The van der Waals surface area contributed by atoms with Crippen LogP contribution in [0.1, 0.15) is 26.3 Å². The predicted octanol–water partition coefficient (Wildman–Crippen LogP) is 2.47. The van der Waals surface area contributed by atoms with Gasteiger partial charge in [0.15, 0.2) is 5.78 Å². The van der Waals surface area contributed by atoms with Crippen molar-refractivity contribution in [2.45, 2.75) is 31.8 Å². The van der Waals surface area contributed by atoms with Crippen LogP contribution in [0.25, 0.3) is 0 Å². The fourth-order valence-corrected chi connectivity index (χ4v) is 2.18. The average molecular weight is 275 g/mol. The van der Waals surface area contributed by atoms with E-state index in [-0.39, 0.29) is 5.78 Å². The number of nitrogens with two attached hydrogens (primary N) is 2. The van der Waals surface area contributed by atoms with E-state index in [1.807, 2.05) is 0 Å². The Morgan fingerprint density at radius 2 is 1.47 bits per heavy atom. The number of carbonyl (C=O) groups is 1. The Labute approximate surface area is 111 Å². The molecule has 1 atom stereocenters. The van der Waals surface area contributed by atoms with E-state index in [1.54, 1.807) is 39.0 Å². The smallest absolute Gasteiger partial charge is 0.176 e. The number of ketones is 1. The molecular weight excluding hydrogens is 259 g/mol. The Morgan fingerprint density at radius 3 is 1.82 bits per heavy atom. The van der Waals surface area contributed by atoms with Crippen LogP contribution >= 0.6 is 23.2 Å². The molecule has 0 radical (unpaired) electrons. The SMILES string of the molecule is CC(C)(N)C(=O)C(C)(N)c1cc(Cl)cc(Cl)c1. The van der Waals surface area contributed by atoms with Crippen LogP contribution < -0.4 is 11.5 Å². The lowest BCUT2D eigenvalue weighted by atomic mass is 9.80. The summed E-state index contributed by atoms with van der Waals surface area (Å²) in [7, 11) is 0. The van der Waals surface area contributed by atoms with Gasteiger partial charge in [0, 0.05) is 10.0 Å². The highest BCUT2D eigenvalue weighted by molar-refractivity contribution is 6.34. The lowest BCUT2D eigenvalue weighted by Gasteiger charge is -2.31. The molecule has 0 amide bonds. The van der Waals surface area contributed by atoms with E-state index in [0.717, 1.165) is 0 Å². The number of halogens is 2. The summed E-state index contributed by atoms with van der Waals surface area (Å²) in [6, 6.07) is 4.83. The Kier molecular flexibility index (Phi) is 3.89. The third-order valence-electron chi connectivity index (χ3n) is 2.52. The molecule has 0 spiro atoms. The number of benzene rings is 1. The van der Waals surface area contributed by atoms with Gasteiger partial charge < -0.3 is 11.5 Å². The monoisotopic (exact) mass is 274 g/mol. The molecule has 4 N–H and O–H groups in total. The third-order valence-corrected chi connectivity index (χ3v) is 2.96. The molecule has 1 rings (SSSR count). The number of rotatable bonds is 3. The van der Waals surface area contributed by atoms with Crippen molar-refractivity contribution in [2.75, 3.05) is 0 Å². The average Bonchev–Trinajstić information content (AvgIpc) is 2.13. The van der Waals surface area contributed by atoms with E-state index in [9.17, 15) is 4.79 Å². The first-order chi connectivity index (χ1) is 7.55. The maximum atomic E-state index is 12.2. The lowest BCUT2D eigenvalue weighted by Crippen LogP contribution is -2.56. The topological polar surface area (TPSA) is 69.1 Å². The van der Waals surface area contributed by atoms with Gasteiger partial charge in [-0.1, -0.05) is 23.2 Å². The minimum atomic E-state index is -1.22. The first kappa shape index (κ1) is 14.5. The van der Waals surface area contributed by atoms with Gasteiger partial charge in [0.05, 0.1) is 11.1 Å². The van der Waals surface area contributed by atoms with E-state index in [2.05, 4.69) is 0 Å². The van der Waals surface area contributed by atoms with Gasteiger partial charge in [-0.2, -0.15) is 0 Å². The van der Waals surface area contributed by atoms with Crippen molar-refractivity contribution in [2.24, 2.45) is 11.5 Å². The van der Waals surface area contributed by atoms with E-state index in [1.165, 1.54) is 0 Å². The standard InChI is InChI=1S/C12H16Cl2N2O/c1-11(2,15)10(17)12(3,16)7-4-8(13)6-9(14)5-7/h4-6H,15-16H2,1-3H3. The van der Waals surface area contributed by atoms with E-state index in [4.69, 9.17) is 34.7 Å². The molecule has 1 unspecified atom stereocenters.